The lowest BCUT2D eigenvalue weighted by Crippen LogP contribution is -2.47. The average molecular weight is 339 g/mol. The second kappa shape index (κ2) is 6.68. The van der Waals surface area contributed by atoms with Gasteiger partial charge in [-0.1, -0.05) is 36.8 Å². The van der Waals surface area contributed by atoms with Crippen molar-refractivity contribution in [3.63, 3.8) is 0 Å². The van der Waals surface area contributed by atoms with Crippen LogP contribution < -0.4 is 5.32 Å². The Morgan fingerprint density at radius 2 is 2.08 bits per heavy atom. The summed E-state index contributed by atoms with van der Waals surface area (Å²) in [5.74, 6) is 1.78. The van der Waals surface area contributed by atoms with Crippen LogP contribution in [0.25, 0.3) is 0 Å². The molecule has 2 N–H and O–H groups in total. The van der Waals surface area contributed by atoms with Gasteiger partial charge in [-0.3, -0.25) is 4.79 Å². The molecule has 0 spiro atoms. The molecule has 132 valence electrons. The molecular weight excluding hydrogens is 314 g/mol. The number of fused-ring (bicyclic) bond motifs is 2. The summed E-state index contributed by atoms with van der Waals surface area (Å²) in [6, 6.07) is 13.4. The van der Waals surface area contributed by atoms with Gasteiger partial charge < -0.3 is 14.8 Å². The van der Waals surface area contributed by atoms with Gasteiger partial charge in [-0.05, 0) is 55.2 Å². The van der Waals surface area contributed by atoms with Crippen molar-refractivity contribution in [1.82, 2.24) is 5.32 Å². The Hall–Kier alpha value is -2.07. The number of hydrogen-bond acceptors (Lipinski definition) is 3. The van der Waals surface area contributed by atoms with E-state index in [1.807, 2.05) is 18.2 Å². The van der Waals surface area contributed by atoms with Gasteiger partial charge in [0.15, 0.2) is 0 Å². The van der Waals surface area contributed by atoms with Crippen molar-refractivity contribution in [3.8, 4) is 0 Å². The summed E-state index contributed by atoms with van der Waals surface area (Å²) in [6.07, 6.45) is 6.84. The Kier molecular flexibility index (Phi) is 4.38. The Morgan fingerprint density at radius 1 is 1.24 bits per heavy atom. The highest BCUT2D eigenvalue weighted by Crippen LogP contribution is 2.57. The summed E-state index contributed by atoms with van der Waals surface area (Å²) in [6.45, 7) is -0.158. The Bertz CT molecular complexity index is 712. The van der Waals surface area contributed by atoms with Crippen molar-refractivity contribution >= 4 is 5.91 Å². The lowest BCUT2D eigenvalue weighted by atomic mass is 9.68. The first-order valence-electron chi connectivity index (χ1n) is 9.20. The zero-order valence-corrected chi connectivity index (χ0v) is 14.4. The molecule has 1 amide bonds. The van der Waals surface area contributed by atoms with E-state index in [0.717, 1.165) is 25.7 Å². The highest BCUT2D eigenvalue weighted by Gasteiger charge is 2.55. The number of hydrogen-bond donors (Lipinski definition) is 2. The number of carbonyl (C=O) groups is 1. The largest absolute Gasteiger partial charge is 0.467 e. The van der Waals surface area contributed by atoms with Gasteiger partial charge in [0, 0.05) is 0 Å². The maximum atomic E-state index is 13.4. The van der Waals surface area contributed by atoms with Crippen LogP contribution >= 0.6 is 0 Å². The molecule has 1 aromatic carbocycles. The van der Waals surface area contributed by atoms with Crippen molar-refractivity contribution in [3.05, 3.63) is 60.1 Å². The number of nitrogens with one attached hydrogen (secondary N) is 1. The Balaban J connectivity index is 1.59. The standard InChI is InChI=1S/C21H25NO3/c23-14-18(19-7-4-10-25-19)22-20(24)21(12-15-5-2-1-3-6-15)13-16-8-9-17(21)11-16/h1-7,10,16-18,23H,8-9,11-14H2,(H,22,24). The van der Waals surface area contributed by atoms with Gasteiger partial charge >= 0.3 is 0 Å². The summed E-state index contributed by atoms with van der Waals surface area (Å²) < 4.78 is 5.39. The van der Waals surface area contributed by atoms with Crippen LogP contribution in [0.5, 0.6) is 0 Å². The topological polar surface area (TPSA) is 62.5 Å². The van der Waals surface area contributed by atoms with E-state index in [2.05, 4.69) is 17.4 Å². The van der Waals surface area contributed by atoms with E-state index in [1.165, 1.54) is 12.0 Å². The second-order valence-electron chi connectivity index (χ2n) is 7.62. The summed E-state index contributed by atoms with van der Waals surface area (Å²) in [5.41, 5.74) is 0.855. The molecule has 25 heavy (non-hydrogen) atoms. The van der Waals surface area contributed by atoms with Gasteiger partial charge in [-0.25, -0.2) is 0 Å². The SMILES string of the molecule is O=C(NC(CO)c1ccco1)C1(Cc2ccccc2)CC2CCC1C2. The molecule has 4 rings (SSSR count). The molecule has 1 heterocycles. The molecular formula is C21H25NO3. The highest BCUT2D eigenvalue weighted by molar-refractivity contribution is 5.84. The molecule has 4 nitrogen and oxygen atoms in total. The van der Waals surface area contributed by atoms with Crippen molar-refractivity contribution in [2.45, 2.75) is 38.1 Å². The van der Waals surface area contributed by atoms with Crippen LogP contribution in [0.15, 0.2) is 53.1 Å². The Labute approximate surface area is 148 Å². The third-order valence-electron chi connectivity index (χ3n) is 6.16. The van der Waals surface area contributed by atoms with Gasteiger partial charge in [-0.15, -0.1) is 0 Å². The monoisotopic (exact) mass is 339 g/mol. The van der Waals surface area contributed by atoms with Crippen LogP contribution in [0.2, 0.25) is 0 Å². The minimum atomic E-state index is -0.478. The van der Waals surface area contributed by atoms with Crippen molar-refractivity contribution < 1.29 is 14.3 Å². The lowest BCUT2D eigenvalue weighted by molar-refractivity contribution is -0.135. The molecule has 1 aromatic heterocycles. The van der Waals surface area contributed by atoms with Gasteiger partial charge in [0.25, 0.3) is 0 Å². The van der Waals surface area contributed by atoms with Crippen LogP contribution in [-0.2, 0) is 11.2 Å². The average Bonchev–Trinajstić information content (AvgIpc) is 3.37. The molecule has 0 aliphatic heterocycles. The van der Waals surface area contributed by atoms with E-state index in [9.17, 15) is 9.90 Å². The number of furan rings is 1. The highest BCUT2D eigenvalue weighted by atomic mass is 16.3. The third-order valence-corrected chi connectivity index (χ3v) is 6.16. The van der Waals surface area contributed by atoms with Crippen LogP contribution in [0.1, 0.15) is 43.0 Å². The maximum Gasteiger partial charge on any atom is 0.227 e. The van der Waals surface area contributed by atoms with Crippen LogP contribution in [0.4, 0.5) is 0 Å². The van der Waals surface area contributed by atoms with E-state index < -0.39 is 6.04 Å². The predicted octanol–water partition coefficient (Wildman–Crippen LogP) is 3.48. The van der Waals surface area contributed by atoms with E-state index in [0.29, 0.717) is 17.6 Å². The van der Waals surface area contributed by atoms with Crippen molar-refractivity contribution in [2.24, 2.45) is 17.3 Å². The zero-order chi connectivity index (χ0) is 17.3. The molecule has 2 saturated carbocycles. The summed E-state index contributed by atoms with van der Waals surface area (Å²) in [5, 5.41) is 12.8. The normalized spacial score (nSPS) is 28.8. The molecule has 2 aliphatic carbocycles. The van der Waals surface area contributed by atoms with Gasteiger partial charge in [0.1, 0.15) is 11.8 Å². The third kappa shape index (κ3) is 2.99. The van der Waals surface area contributed by atoms with Crippen LogP contribution in [-0.4, -0.2) is 17.6 Å². The number of aliphatic hydroxyl groups is 1. The number of rotatable bonds is 6. The second-order valence-corrected chi connectivity index (χ2v) is 7.62. The molecule has 4 unspecified atom stereocenters. The van der Waals surface area contributed by atoms with Gasteiger partial charge in [0.2, 0.25) is 5.91 Å². The number of amides is 1. The first-order valence-corrected chi connectivity index (χ1v) is 9.20. The summed E-state index contributed by atoms with van der Waals surface area (Å²) in [4.78, 5) is 13.4. The molecule has 0 radical (unpaired) electrons. The number of aliphatic hydroxyl groups excluding tert-OH is 1. The molecule has 4 atom stereocenters. The lowest BCUT2D eigenvalue weighted by Gasteiger charge is -2.37. The smallest absolute Gasteiger partial charge is 0.227 e. The molecule has 2 aliphatic rings. The summed E-state index contributed by atoms with van der Waals surface area (Å²) in [7, 11) is 0. The number of carbonyl (C=O) groups excluding carboxylic acids is 1. The molecule has 4 heteroatoms. The van der Waals surface area contributed by atoms with E-state index >= 15 is 0 Å². The van der Waals surface area contributed by atoms with E-state index in [-0.39, 0.29) is 17.9 Å². The molecule has 2 aromatic rings. The predicted molar refractivity (Wildman–Crippen MR) is 94.7 cm³/mol. The maximum absolute atomic E-state index is 13.4. The van der Waals surface area contributed by atoms with Gasteiger partial charge in [0.05, 0.1) is 18.3 Å². The Morgan fingerprint density at radius 3 is 2.68 bits per heavy atom. The molecule has 0 saturated heterocycles. The fourth-order valence-electron chi connectivity index (χ4n) is 4.98. The molecule has 2 bridgehead atoms. The van der Waals surface area contributed by atoms with Crippen LogP contribution in [0.3, 0.4) is 0 Å². The van der Waals surface area contributed by atoms with E-state index in [4.69, 9.17) is 4.42 Å². The zero-order valence-electron chi connectivity index (χ0n) is 14.4. The fraction of sp³-hybridized carbons (Fsp3) is 0.476. The first-order chi connectivity index (χ1) is 12.2. The quantitative estimate of drug-likeness (QED) is 0.847. The molecule has 2 fully saturated rings. The van der Waals surface area contributed by atoms with Gasteiger partial charge in [-0.2, -0.15) is 0 Å². The van der Waals surface area contributed by atoms with Crippen molar-refractivity contribution in [1.29, 1.82) is 0 Å². The first kappa shape index (κ1) is 16.4. The minimum Gasteiger partial charge on any atom is -0.467 e. The summed E-state index contributed by atoms with van der Waals surface area (Å²) >= 11 is 0. The van der Waals surface area contributed by atoms with E-state index in [1.54, 1.807) is 18.4 Å². The fourth-order valence-corrected chi connectivity index (χ4v) is 4.98. The minimum absolute atomic E-state index is 0.0685. The number of benzene rings is 1. The van der Waals surface area contributed by atoms with Crippen molar-refractivity contribution in [2.75, 3.05) is 6.61 Å². The van der Waals surface area contributed by atoms with Crippen LogP contribution in [0, 0.1) is 17.3 Å².